The van der Waals surface area contributed by atoms with Crippen molar-refractivity contribution < 1.29 is 79.7 Å². The van der Waals surface area contributed by atoms with Gasteiger partial charge in [0.25, 0.3) is 0 Å². The Kier molecular flexibility index (Phi) is 12.4. The van der Waals surface area contributed by atoms with Gasteiger partial charge in [0.1, 0.15) is 0 Å². The summed E-state index contributed by atoms with van der Waals surface area (Å²) in [5.41, 5.74) is 13.7. The number of ether oxygens (including phenoxy) is 1. The van der Waals surface area contributed by atoms with E-state index in [1.807, 2.05) is 0 Å². The Hall–Kier alpha value is -3.92. The zero-order valence-corrected chi connectivity index (χ0v) is 29.5. The van der Waals surface area contributed by atoms with Crippen LogP contribution in [-0.2, 0) is 21.2 Å². The van der Waals surface area contributed by atoms with Gasteiger partial charge in [-0.2, -0.15) is 48.3 Å². The number of aliphatic hydroxyl groups excluding tert-OH is 1. The first-order chi connectivity index (χ1) is 23.7. The minimum atomic E-state index is -7.22. The van der Waals surface area contributed by atoms with E-state index in [4.69, 9.17) is 20.2 Å². The van der Waals surface area contributed by atoms with Gasteiger partial charge >= 0.3 is 30.2 Å². The molecular formula is C36H31F11N2NiO3. The van der Waals surface area contributed by atoms with E-state index in [1.54, 1.807) is 4.74 Å². The maximum Gasteiger partial charge on any atom is 0.462 e. The molecule has 1 unspecified atom stereocenters. The summed E-state index contributed by atoms with van der Waals surface area (Å²) in [6, 6.07) is 21.8. The monoisotopic (exact) mass is 806 g/mol. The molecule has 53 heavy (non-hydrogen) atoms. The predicted octanol–water partition coefficient (Wildman–Crippen LogP) is 10.3. The van der Waals surface area contributed by atoms with Crippen molar-refractivity contribution in [2.45, 2.75) is 78.1 Å². The van der Waals surface area contributed by atoms with E-state index in [0.29, 0.717) is 0 Å². The normalized spacial score (nSPS) is 16.2. The molecule has 0 saturated carbocycles. The van der Waals surface area contributed by atoms with Gasteiger partial charge in [0, 0.05) is 33.0 Å². The summed E-state index contributed by atoms with van der Waals surface area (Å²) in [6.07, 6.45) is -25.4. The third-order valence-electron chi connectivity index (χ3n) is 8.07. The van der Waals surface area contributed by atoms with Gasteiger partial charge in [-0.05, 0) is 69.2 Å². The maximum absolute atomic E-state index is 12.8. The number of aliphatic imine (C=N–C) groups is 2. The molecule has 5 rings (SSSR count). The van der Waals surface area contributed by atoms with E-state index in [9.17, 15) is 48.3 Å². The van der Waals surface area contributed by atoms with Gasteiger partial charge in [-0.3, -0.25) is 4.74 Å². The number of aryl methyl sites for hydroxylation is 6. The van der Waals surface area contributed by atoms with Crippen molar-refractivity contribution in [2.75, 3.05) is 0 Å². The molecule has 0 aromatic heterocycles. The van der Waals surface area contributed by atoms with E-state index >= 15 is 0 Å². The molecule has 1 aliphatic rings. The number of halogens is 11. The third-order valence-corrected chi connectivity index (χ3v) is 8.07. The molecule has 1 aliphatic carbocycles. The van der Waals surface area contributed by atoms with Crippen LogP contribution in [0.25, 0.3) is 10.8 Å². The maximum atomic E-state index is 12.8. The van der Waals surface area contributed by atoms with Gasteiger partial charge in [0.15, 0.2) is 0 Å². The Bertz CT molecular complexity index is 1920. The molecule has 0 spiro atoms. The van der Waals surface area contributed by atoms with Crippen LogP contribution < -0.4 is 0 Å². The summed E-state index contributed by atoms with van der Waals surface area (Å²) < 4.78 is 134. The van der Waals surface area contributed by atoms with Crippen LogP contribution in [0.15, 0.2) is 70.6 Å². The molecule has 0 saturated heterocycles. The molecule has 0 aliphatic heterocycles. The van der Waals surface area contributed by atoms with E-state index in [-0.39, 0.29) is 16.5 Å². The number of alkyl halides is 11. The van der Waals surface area contributed by atoms with Crippen LogP contribution in [0.1, 0.15) is 44.5 Å². The summed E-state index contributed by atoms with van der Waals surface area (Å²) in [7, 11) is 0. The first-order valence-corrected chi connectivity index (χ1v) is 15.2. The molecule has 290 valence electrons. The average Bonchev–Trinajstić information content (AvgIpc) is 3.29. The van der Waals surface area contributed by atoms with Crippen LogP contribution >= 0.6 is 0 Å². The van der Waals surface area contributed by atoms with E-state index in [2.05, 4.69) is 102 Å². The standard InChI is InChI=1S/C30H28N2.C6H3F11O3.Ni/c1-17-13-19(3)27(20(4)14-17)31-29-24-11-7-9-23-10-8-12-25(26(23)24)30(29)32-28-21(5)15-18(2)16-22(28)6;7-2(1(18)19,4(10,11)12)20-6(16,17)3(8,9)5(13,14)15;/h7-16H,1-6H3;1,18-19H;. The molecule has 0 bridgehead atoms. The van der Waals surface area contributed by atoms with Crippen molar-refractivity contribution in [1.29, 1.82) is 0 Å². The molecule has 5 nitrogen and oxygen atoms in total. The van der Waals surface area contributed by atoms with Crippen LogP contribution in [0.4, 0.5) is 59.7 Å². The quantitative estimate of drug-likeness (QED) is 0.116. The average molecular weight is 807 g/mol. The second-order valence-electron chi connectivity index (χ2n) is 12.3. The van der Waals surface area contributed by atoms with Gasteiger partial charge in [-0.25, -0.2) is 9.98 Å². The number of aliphatic hydroxyl groups is 2. The number of benzene rings is 4. The van der Waals surface area contributed by atoms with Crippen molar-refractivity contribution in [3.63, 3.8) is 0 Å². The Morgan fingerprint density at radius 2 is 0.925 bits per heavy atom. The smallest absolute Gasteiger partial charge is 0.363 e. The number of nitrogens with zero attached hydrogens (tertiary/aromatic N) is 2. The predicted molar refractivity (Wildman–Crippen MR) is 173 cm³/mol. The number of hydrogen-bond acceptors (Lipinski definition) is 5. The van der Waals surface area contributed by atoms with Gasteiger partial charge < -0.3 is 10.2 Å². The molecule has 17 heteroatoms. The van der Waals surface area contributed by atoms with Gasteiger partial charge in [-0.1, -0.05) is 71.8 Å². The second-order valence-corrected chi connectivity index (χ2v) is 12.3. The molecule has 0 amide bonds. The molecule has 4 aromatic carbocycles. The largest absolute Gasteiger partial charge is 0.462 e. The summed E-state index contributed by atoms with van der Waals surface area (Å²) in [4.78, 5) is 10.6. The first kappa shape index (κ1) is 43.5. The third kappa shape index (κ3) is 8.28. The van der Waals surface area contributed by atoms with Crippen LogP contribution in [0.3, 0.4) is 0 Å². The fourth-order valence-electron chi connectivity index (χ4n) is 5.81. The fourth-order valence-corrected chi connectivity index (χ4v) is 5.81. The second kappa shape index (κ2) is 15.1. The van der Waals surface area contributed by atoms with E-state index < -0.39 is 36.5 Å². The molecule has 0 fully saturated rings. The van der Waals surface area contributed by atoms with Crippen LogP contribution in [0, 0.1) is 41.5 Å². The zero-order valence-electron chi connectivity index (χ0n) is 28.5. The van der Waals surface area contributed by atoms with Gasteiger partial charge in [0.05, 0.1) is 22.8 Å². The van der Waals surface area contributed by atoms with Gasteiger partial charge in [-0.15, -0.1) is 0 Å². The molecular weight excluding hydrogens is 776 g/mol. The van der Waals surface area contributed by atoms with Crippen molar-refractivity contribution in [3.8, 4) is 0 Å². The van der Waals surface area contributed by atoms with Crippen molar-refractivity contribution in [3.05, 3.63) is 105 Å². The molecule has 0 radical (unpaired) electrons. The summed E-state index contributed by atoms with van der Waals surface area (Å²) in [5.74, 6) is -13.5. The Labute approximate surface area is 306 Å². The number of hydrogen-bond donors (Lipinski definition) is 2. The van der Waals surface area contributed by atoms with Crippen molar-refractivity contribution >= 4 is 33.6 Å². The Morgan fingerprint density at radius 3 is 1.23 bits per heavy atom. The minimum absolute atomic E-state index is 0. The minimum Gasteiger partial charge on any atom is -0.363 e. The molecule has 1 atom stereocenters. The summed E-state index contributed by atoms with van der Waals surface area (Å²) in [6.45, 7) is 12.9. The molecule has 2 N–H and O–H groups in total. The van der Waals surface area contributed by atoms with Crippen LogP contribution in [-0.4, -0.2) is 58.2 Å². The first-order valence-electron chi connectivity index (χ1n) is 15.2. The Balaban J connectivity index is 0.000000315. The van der Waals surface area contributed by atoms with Crippen molar-refractivity contribution in [1.82, 2.24) is 0 Å². The van der Waals surface area contributed by atoms with Crippen LogP contribution in [0.5, 0.6) is 0 Å². The SMILES string of the molecule is Cc1cc(C)c(N=C2C(=Nc3c(C)cc(C)cc3C)c3cccc4cccc2c34)c(C)c1.OC(O)C(F)(OC(F)(F)C(F)(F)C(F)(F)F)C(F)(F)F.[Ni]. The van der Waals surface area contributed by atoms with Crippen LogP contribution in [0.2, 0.25) is 0 Å². The fraction of sp³-hybridized carbons (Fsp3) is 0.333. The molecule has 0 heterocycles. The van der Waals surface area contributed by atoms with E-state index in [0.717, 1.165) is 22.8 Å². The topological polar surface area (TPSA) is 74.4 Å². The Morgan fingerprint density at radius 1 is 0.566 bits per heavy atom. The van der Waals surface area contributed by atoms with Crippen molar-refractivity contribution in [2.24, 2.45) is 9.98 Å². The van der Waals surface area contributed by atoms with E-state index in [1.165, 1.54) is 55.3 Å². The zero-order chi connectivity index (χ0) is 39.4. The van der Waals surface area contributed by atoms with Gasteiger partial charge in [0.2, 0.25) is 6.29 Å². The summed E-state index contributed by atoms with van der Waals surface area (Å²) in [5, 5.41) is 18.3. The summed E-state index contributed by atoms with van der Waals surface area (Å²) >= 11 is 0. The molecule has 4 aromatic rings. The number of rotatable bonds is 6.